The van der Waals surface area contributed by atoms with Crippen molar-refractivity contribution in [3.05, 3.63) is 46.2 Å². The molecule has 5 nitrogen and oxygen atoms in total. The van der Waals surface area contributed by atoms with Gasteiger partial charge in [0.15, 0.2) is 11.5 Å². The molecule has 1 atom stereocenters. The standard InChI is InChI=1S/C15H14N2O3S/c1-10-6-7-11(21-10)8-16-17-15(18)14-9-19-12-4-2-3-5-13(12)20-14/h2-8,14H,9H2,1H3,(H,17,18)/b16-8-/t14-/m1/s1. The molecule has 0 radical (unpaired) electrons. The van der Waals surface area contributed by atoms with Gasteiger partial charge >= 0.3 is 0 Å². The highest BCUT2D eigenvalue weighted by Crippen LogP contribution is 2.30. The van der Waals surface area contributed by atoms with Crippen molar-refractivity contribution >= 4 is 23.5 Å². The molecule has 1 aromatic heterocycles. The quantitative estimate of drug-likeness (QED) is 0.699. The largest absolute Gasteiger partial charge is 0.485 e. The first kappa shape index (κ1) is 13.6. The van der Waals surface area contributed by atoms with Gasteiger partial charge in [0.2, 0.25) is 6.10 Å². The van der Waals surface area contributed by atoms with Crippen LogP contribution in [0.3, 0.4) is 0 Å². The summed E-state index contributed by atoms with van der Waals surface area (Å²) in [5.74, 6) is 0.898. The van der Waals surface area contributed by atoms with Crippen LogP contribution in [0.25, 0.3) is 0 Å². The minimum atomic E-state index is -0.692. The van der Waals surface area contributed by atoms with E-state index in [0.29, 0.717) is 11.5 Å². The van der Waals surface area contributed by atoms with E-state index in [1.54, 1.807) is 29.7 Å². The summed E-state index contributed by atoms with van der Waals surface area (Å²) in [4.78, 5) is 14.2. The number of amides is 1. The molecule has 0 saturated heterocycles. The van der Waals surface area contributed by atoms with Crippen molar-refractivity contribution in [2.75, 3.05) is 6.61 Å². The fourth-order valence-electron chi connectivity index (χ4n) is 1.90. The van der Waals surface area contributed by atoms with Crippen molar-refractivity contribution in [3.63, 3.8) is 0 Å². The zero-order chi connectivity index (χ0) is 14.7. The number of para-hydroxylation sites is 2. The molecule has 0 spiro atoms. The molecule has 1 aliphatic heterocycles. The first-order chi connectivity index (χ1) is 10.2. The molecule has 2 heterocycles. The summed E-state index contributed by atoms with van der Waals surface area (Å²) in [5.41, 5.74) is 2.47. The van der Waals surface area contributed by atoms with Crippen molar-refractivity contribution < 1.29 is 14.3 Å². The summed E-state index contributed by atoms with van der Waals surface area (Å²) in [5, 5.41) is 3.94. The number of hydrogen-bond donors (Lipinski definition) is 1. The Morgan fingerprint density at radius 1 is 1.33 bits per heavy atom. The Kier molecular flexibility index (Phi) is 3.87. The molecule has 1 N–H and O–H groups in total. The number of hydrogen-bond acceptors (Lipinski definition) is 5. The van der Waals surface area contributed by atoms with Crippen LogP contribution in [0.15, 0.2) is 41.5 Å². The van der Waals surface area contributed by atoms with Gasteiger partial charge in [-0.05, 0) is 31.2 Å². The van der Waals surface area contributed by atoms with E-state index in [4.69, 9.17) is 9.47 Å². The zero-order valence-corrected chi connectivity index (χ0v) is 12.2. The second kappa shape index (κ2) is 5.97. The molecule has 3 rings (SSSR count). The van der Waals surface area contributed by atoms with Gasteiger partial charge in [0.1, 0.15) is 6.61 Å². The van der Waals surface area contributed by atoms with Crippen LogP contribution < -0.4 is 14.9 Å². The van der Waals surface area contributed by atoms with E-state index >= 15 is 0 Å². The van der Waals surface area contributed by atoms with Crippen LogP contribution in [-0.2, 0) is 4.79 Å². The molecule has 6 heteroatoms. The predicted octanol–water partition coefficient (Wildman–Crippen LogP) is 2.35. The third kappa shape index (κ3) is 3.22. The third-order valence-corrected chi connectivity index (χ3v) is 3.86. The maximum atomic E-state index is 12.0. The molecule has 1 aromatic carbocycles. The van der Waals surface area contributed by atoms with E-state index in [0.717, 1.165) is 4.88 Å². The number of nitrogens with one attached hydrogen (secondary N) is 1. The lowest BCUT2D eigenvalue weighted by Crippen LogP contribution is -2.42. The topological polar surface area (TPSA) is 59.9 Å². The summed E-state index contributed by atoms with van der Waals surface area (Å²) < 4.78 is 11.1. The minimum absolute atomic E-state index is 0.177. The predicted molar refractivity (Wildman–Crippen MR) is 81.1 cm³/mol. The molecule has 2 aromatic rings. The number of nitrogens with zero attached hydrogens (tertiary/aromatic N) is 1. The van der Waals surface area contributed by atoms with Crippen LogP contribution in [0.1, 0.15) is 9.75 Å². The number of carbonyl (C=O) groups is 1. The zero-order valence-electron chi connectivity index (χ0n) is 11.4. The van der Waals surface area contributed by atoms with Crippen LogP contribution in [0.4, 0.5) is 0 Å². The van der Waals surface area contributed by atoms with Gasteiger partial charge in [-0.2, -0.15) is 5.10 Å². The van der Waals surface area contributed by atoms with Crippen molar-refractivity contribution in [2.24, 2.45) is 5.10 Å². The van der Waals surface area contributed by atoms with Crippen LogP contribution in [-0.4, -0.2) is 24.8 Å². The molecule has 0 aliphatic carbocycles. The molecule has 1 aliphatic rings. The Labute approximate surface area is 126 Å². The second-order valence-electron chi connectivity index (χ2n) is 4.55. The number of thiophene rings is 1. The fraction of sp³-hybridized carbons (Fsp3) is 0.200. The number of benzene rings is 1. The average Bonchev–Trinajstić information content (AvgIpc) is 2.92. The van der Waals surface area contributed by atoms with Crippen LogP contribution in [0.2, 0.25) is 0 Å². The molecule has 108 valence electrons. The number of aryl methyl sites for hydroxylation is 1. The van der Waals surface area contributed by atoms with Gasteiger partial charge in [0.05, 0.1) is 6.21 Å². The summed E-state index contributed by atoms with van der Waals surface area (Å²) in [7, 11) is 0. The molecule has 0 bridgehead atoms. The van der Waals surface area contributed by atoms with E-state index in [9.17, 15) is 4.79 Å². The highest BCUT2D eigenvalue weighted by molar-refractivity contribution is 7.13. The van der Waals surface area contributed by atoms with Crippen molar-refractivity contribution in [3.8, 4) is 11.5 Å². The number of carbonyl (C=O) groups excluding carboxylic acids is 1. The van der Waals surface area contributed by atoms with Gasteiger partial charge in [-0.1, -0.05) is 12.1 Å². The van der Waals surface area contributed by atoms with E-state index in [1.165, 1.54) is 4.88 Å². The van der Waals surface area contributed by atoms with Crippen LogP contribution in [0.5, 0.6) is 11.5 Å². The van der Waals surface area contributed by atoms with Gasteiger partial charge in [-0.25, -0.2) is 5.43 Å². The maximum Gasteiger partial charge on any atom is 0.284 e. The molecule has 21 heavy (non-hydrogen) atoms. The first-order valence-corrected chi connectivity index (χ1v) is 7.32. The minimum Gasteiger partial charge on any atom is -0.485 e. The molecular formula is C15H14N2O3S. The molecule has 0 fully saturated rings. The van der Waals surface area contributed by atoms with Crippen molar-refractivity contribution in [1.29, 1.82) is 0 Å². The Bertz CT molecular complexity index is 681. The number of fused-ring (bicyclic) bond motifs is 1. The van der Waals surface area contributed by atoms with Gasteiger partial charge in [0.25, 0.3) is 5.91 Å². The van der Waals surface area contributed by atoms with Gasteiger partial charge in [0, 0.05) is 9.75 Å². The summed E-state index contributed by atoms with van der Waals surface area (Å²) in [6.45, 7) is 2.20. The number of hydrazone groups is 1. The van der Waals surface area contributed by atoms with E-state index in [2.05, 4.69) is 10.5 Å². The van der Waals surface area contributed by atoms with Crippen LogP contribution in [0, 0.1) is 6.92 Å². The molecule has 1 amide bonds. The first-order valence-electron chi connectivity index (χ1n) is 6.50. The number of ether oxygens (including phenoxy) is 2. The Balaban J connectivity index is 1.58. The van der Waals surface area contributed by atoms with Crippen molar-refractivity contribution in [2.45, 2.75) is 13.0 Å². The molecule has 0 saturated carbocycles. The van der Waals surface area contributed by atoms with Crippen molar-refractivity contribution in [1.82, 2.24) is 5.43 Å². The normalized spacial score (nSPS) is 16.9. The lowest BCUT2D eigenvalue weighted by Gasteiger charge is -2.24. The summed E-state index contributed by atoms with van der Waals surface area (Å²) in [6.07, 6.45) is 0.926. The van der Waals surface area contributed by atoms with E-state index in [1.807, 2.05) is 31.2 Å². The highest BCUT2D eigenvalue weighted by Gasteiger charge is 2.26. The average molecular weight is 302 g/mol. The smallest absolute Gasteiger partial charge is 0.284 e. The third-order valence-electron chi connectivity index (χ3n) is 2.93. The SMILES string of the molecule is Cc1ccc(/C=N\NC(=O)[C@H]2COc3ccccc3O2)s1. The van der Waals surface area contributed by atoms with Crippen LogP contribution >= 0.6 is 11.3 Å². The molecule has 0 unspecified atom stereocenters. The van der Waals surface area contributed by atoms with E-state index in [-0.39, 0.29) is 12.5 Å². The Morgan fingerprint density at radius 2 is 2.14 bits per heavy atom. The van der Waals surface area contributed by atoms with Gasteiger partial charge in [-0.3, -0.25) is 4.79 Å². The maximum absolute atomic E-state index is 12.0. The second-order valence-corrected chi connectivity index (χ2v) is 5.87. The van der Waals surface area contributed by atoms with Gasteiger partial charge < -0.3 is 9.47 Å². The number of rotatable bonds is 3. The van der Waals surface area contributed by atoms with E-state index < -0.39 is 6.10 Å². The Morgan fingerprint density at radius 3 is 2.90 bits per heavy atom. The fourth-order valence-corrected chi connectivity index (χ4v) is 2.65. The summed E-state index contributed by atoms with van der Waals surface area (Å²) >= 11 is 1.61. The molecular weight excluding hydrogens is 288 g/mol. The monoisotopic (exact) mass is 302 g/mol. The lowest BCUT2D eigenvalue weighted by atomic mass is 10.2. The highest BCUT2D eigenvalue weighted by atomic mass is 32.1. The Hall–Kier alpha value is -2.34. The summed E-state index contributed by atoms with van der Waals surface area (Å²) in [6, 6.07) is 11.2. The van der Waals surface area contributed by atoms with Gasteiger partial charge in [-0.15, -0.1) is 11.3 Å². The lowest BCUT2D eigenvalue weighted by molar-refractivity contribution is -0.130.